The van der Waals surface area contributed by atoms with E-state index in [9.17, 15) is 14.4 Å². The highest BCUT2D eigenvalue weighted by atomic mass is 19.1. The molecule has 0 fully saturated rings. The predicted octanol–water partition coefficient (Wildman–Crippen LogP) is 1.91. The molecule has 0 aliphatic carbocycles. The van der Waals surface area contributed by atoms with Crippen LogP contribution in [0.4, 0.5) is 4.39 Å². The molecule has 0 spiro atoms. The van der Waals surface area contributed by atoms with Crippen molar-refractivity contribution in [3.8, 4) is 0 Å². The smallest absolute Gasteiger partial charge is 0.423 e. The zero-order valence-electron chi connectivity index (χ0n) is 12.5. The third kappa shape index (κ3) is 5.61. The molecule has 1 aromatic carbocycles. The van der Waals surface area contributed by atoms with Gasteiger partial charge in [-0.3, -0.25) is 4.90 Å². The molecule has 0 aromatic heterocycles. The van der Waals surface area contributed by atoms with Gasteiger partial charge in [0.15, 0.2) is 0 Å². The lowest BCUT2D eigenvalue weighted by atomic mass is 9.77. The van der Waals surface area contributed by atoms with Crippen LogP contribution in [-0.4, -0.2) is 35.2 Å². The van der Waals surface area contributed by atoms with E-state index in [1.165, 1.54) is 12.1 Å². The number of unbranched alkanes of at least 4 members (excludes halogenated alkanes) is 2. The van der Waals surface area contributed by atoms with Gasteiger partial charge in [0.1, 0.15) is 5.82 Å². The SMILES string of the molecule is CCCCN(CCCC)Cc1ccc(F)cc1B(O)O. The normalized spacial score (nSPS) is 11.1. The van der Waals surface area contributed by atoms with Gasteiger partial charge in [-0.15, -0.1) is 0 Å². The summed E-state index contributed by atoms with van der Waals surface area (Å²) in [4.78, 5) is 2.30. The van der Waals surface area contributed by atoms with E-state index in [0.717, 1.165) is 44.3 Å². The second-order valence-electron chi connectivity index (χ2n) is 5.20. The molecular weight excluding hydrogens is 256 g/mol. The average Bonchev–Trinajstić information content (AvgIpc) is 2.43. The molecule has 0 radical (unpaired) electrons. The zero-order chi connectivity index (χ0) is 15.0. The highest BCUT2D eigenvalue weighted by Crippen LogP contribution is 2.08. The molecule has 1 rings (SSSR count). The zero-order valence-corrected chi connectivity index (χ0v) is 12.5. The molecule has 0 aliphatic heterocycles. The molecular formula is C15H25BFNO2. The van der Waals surface area contributed by atoms with Crippen molar-refractivity contribution in [3.05, 3.63) is 29.6 Å². The number of nitrogens with zero attached hydrogens (tertiary/aromatic N) is 1. The van der Waals surface area contributed by atoms with Gasteiger partial charge < -0.3 is 10.0 Å². The van der Waals surface area contributed by atoms with Crippen LogP contribution in [0.5, 0.6) is 0 Å². The first kappa shape index (κ1) is 17.1. The fourth-order valence-corrected chi connectivity index (χ4v) is 2.22. The molecule has 0 unspecified atom stereocenters. The molecule has 5 heteroatoms. The van der Waals surface area contributed by atoms with Gasteiger partial charge in [-0.25, -0.2) is 4.39 Å². The minimum atomic E-state index is -1.63. The van der Waals surface area contributed by atoms with Crippen LogP contribution in [0, 0.1) is 5.82 Å². The van der Waals surface area contributed by atoms with Gasteiger partial charge >= 0.3 is 7.12 Å². The van der Waals surface area contributed by atoms with Crippen molar-refractivity contribution in [2.45, 2.75) is 46.1 Å². The summed E-state index contributed by atoms with van der Waals surface area (Å²) >= 11 is 0. The van der Waals surface area contributed by atoms with Crippen LogP contribution in [0.25, 0.3) is 0 Å². The summed E-state index contributed by atoms with van der Waals surface area (Å²) in [5.74, 6) is -0.439. The maximum Gasteiger partial charge on any atom is 0.488 e. The third-order valence-corrected chi connectivity index (χ3v) is 3.44. The first-order valence-corrected chi connectivity index (χ1v) is 7.45. The topological polar surface area (TPSA) is 43.7 Å². The van der Waals surface area contributed by atoms with Crippen LogP contribution >= 0.6 is 0 Å². The lowest BCUT2D eigenvalue weighted by molar-refractivity contribution is 0.257. The standard InChI is InChI=1S/C15H25BFNO2/c1-3-5-9-18(10-6-4-2)12-13-7-8-14(17)11-15(13)16(19)20/h7-8,11,19-20H,3-6,9-10,12H2,1-2H3. The summed E-state index contributed by atoms with van der Waals surface area (Å²) in [6.07, 6.45) is 4.48. The molecule has 0 saturated heterocycles. The monoisotopic (exact) mass is 281 g/mol. The molecule has 0 bridgehead atoms. The lowest BCUT2D eigenvalue weighted by Gasteiger charge is -2.23. The van der Waals surface area contributed by atoms with Gasteiger partial charge in [-0.1, -0.05) is 32.8 Å². The van der Waals surface area contributed by atoms with E-state index in [1.54, 1.807) is 6.07 Å². The van der Waals surface area contributed by atoms with Crippen LogP contribution in [0.15, 0.2) is 18.2 Å². The number of halogens is 1. The van der Waals surface area contributed by atoms with E-state index >= 15 is 0 Å². The second-order valence-corrected chi connectivity index (χ2v) is 5.20. The summed E-state index contributed by atoms with van der Waals surface area (Å²) in [5.41, 5.74) is 1.05. The third-order valence-electron chi connectivity index (χ3n) is 3.44. The second kappa shape index (κ2) is 9.11. The van der Waals surface area contributed by atoms with Gasteiger partial charge in [0.05, 0.1) is 0 Å². The molecule has 2 N–H and O–H groups in total. The molecule has 3 nitrogen and oxygen atoms in total. The van der Waals surface area contributed by atoms with E-state index in [0.29, 0.717) is 6.54 Å². The molecule has 0 saturated carbocycles. The maximum absolute atomic E-state index is 13.2. The van der Waals surface area contributed by atoms with Gasteiger partial charge in [0.2, 0.25) is 0 Å². The van der Waals surface area contributed by atoms with Crippen molar-refractivity contribution in [2.24, 2.45) is 0 Å². The summed E-state index contributed by atoms with van der Waals surface area (Å²) < 4.78 is 13.2. The Morgan fingerprint density at radius 3 is 2.20 bits per heavy atom. The van der Waals surface area contributed by atoms with Crippen LogP contribution in [0.1, 0.15) is 45.1 Å². The Kier molecular flexibility index (Phi) is 7.81. The van der Waals surface area contributed by atoms with E-state index in [4.69, 9.17) is 0 Å². The first-order valence-electron chi connectivity index (χ1n) is 7.45. The van der Waals surface area contributed by atoms with E-state index < -0.39 is 12.9 Å². The number of rotatable bonds is 9. The van der Waals surface area contributed by atoms with Crippen LogP contribution in [0.3, 0.4) is 0 Å². The highest BCUT2D eigenvalue weighted by molar-refractivity contribution is 6.59. The predicted molar refractivity (Wildman–Crippen MR) is 81.3 cm³/mol. The largest absolute Gasteiger partial charge is 0.488 e. The van der Waals surface area contributed by atoms with Crippen LogP contribution in [0.2, 0.25) is 0 Å². The van der Waals surface area contributed by atoms with Crippen molar-refractivity contribution in [3.63, 3.8) is 0 Å². The summed E-state index contributed by atoms with van der Waals surface area (Å²) in [7, 11) is -1.63. The summed E-state index contributed by atoms with van der Waals surface area (Å²) in [6, 6.07) is 4.23. The van der Waals surface area contributed by atoms with Gasteiger partial charge in [-0.2, -0.15) is 0 Å². The molecule has 112 valence electrons. The molecule has 0 heterocycles. The average molecular weight is 281 g/mol. The van der Waals surface area contributed by atoms with Crippen LogP contribution in [-0.2, 0) is 6.54 Å². The van der Waals surface area contributed by atoms with Gasteiger partial charge in [0, 0.05) is 6.54 Å². The molecule has 0 atom stereocenters. The summed E-state index contributed by atoms with van der Waals surface area (Å²) in [5, 5.41) is 18.7. The Morgan fingerprint density at radius 2 is 1.70 bits per heavy atom. The van der Waals surface area contributed by atoms with E-state index in [2.05, 4.69) is 18.7 Å². The highest BCUT2D eigenvalue weighted by Gasteiger charge is 2.18. The number of hydrogen-bond acceptors (Lipinski definition) is 3. The van der Waals surface area contributed by atoms with Crippen molar-refractivity contribution in [1.82, 2.24) is 4.90 Å². The van der Waals surface area contributed by atoms with Crippen molar-refractivity contribution in [2.75, 3.05) is 13.1 Å². The minimum absolute atomic E-state index is 0.267. The van der Waals surface area contributed by atoms with E-state index in [1.807, 2.05) is 0 Å². The van der Waals surface area contributed by atoms with E-state index in [-0.39, 0.29) is 5.46 Å². The van der Waals surface area contributed by atoms with Crippen molar-refractivity contribution in [1.29, 1.82) is 0 Å². The molecule has 1 aromatic rings. The van der Waals surface area contributed by atoms with Gasteiger partial charge in [0.25, 0.3) is 0 Å². The molecule has 20 heavy (non-hydrogen) atoms. The quantitative estimate of drug-likeness (QED) is 0.680. The Balaban J connectivity index is 2.80. The maximum atomic E-state index is 13.2. The van der Waals surface area contributed by atoms with Crippen LogP contribution < -0.4 is 5.46 Å². The first-order chi connectivity index (χ1) is 9.58. The number of hydrogen-bond donors (Lipinski definition) is 2. The Morgan fingerprint density at radius 1 is 1.10 bits per heavy atom. The summed E-state index contributed by atoms with van der Waals surface area (Å²) in [6.45, 7) is 6.90. The number of benzene rings is 1. The molecule has 0 amide bonds. The van der Waals surface area contributed by atoms with Crippen molar-refractivity contribution < 1.29 is 14.4 Å². The van der Waals surface area contributed by atoms with Crippen molar-refractivity contribution >= 4 is 12.6 Å². The lowest BCUT2D eigenvalue weighted by Crippen LogP contribution is -2.36. The minimum Gasteiger partial charge on any atom is -0.423 e. The van der Waals surface area contributed by atoms with Gasteiger partial charge in [-0.05, 0) is 49.1 Å². The Labute approximate surface area is 121 Å². The Hall–Kier alpha value is -0.905. The fourth-order valence-electron chi connectivity index (χ4n) is 2.22. The Bertz CT molecular complexity index is 393. The molecule has 0 aliphatic rings. The fraction of sp³-hybridized carbons (Fsp3) is 0.600.